The van der Waals surface area contributed by atoms with E-state index in [1.54, 1.807) is 0 Å². The van der Waals surface area contributed by atoms with Crippen molar-refractivity contribution in [3.05, 3.63) is 0 Å². The number of urea groups is 1. The first-order valence-electron chi connectivity index (χ1n) is 7.57. The Hall–Kier alpha value is -1.30. The second-order valence-corrected chi connectivity index (χ2v) is 5.84. The zero-order valence-corrected chi connectivity index (χ0v) is 12.2. The van der Waals surface area contributed by atoms with Gasteiger partial charge in [-0.05, 0) is 19.3 Å². The second kappa shape index (κ2) is 6.43. The molecule has 0 aromatic carbocycles. The molecule has 2 aliphatic heterocycles. The van der Waals surface area contributed by atoms with E-state index in [9.17, 15) is 14.7 Å². The molecule has 2 amide bonds. The number of nitrogens with one attached hydrogen (secondary N) is 1. The average molecular weight is 283 g/mol. The van der Waals surface area contributed by atoms with E-state index in [1.165, 1.54) is 0 Å². The molecule has 6 nitrogen and oxygen atoms in total. The second-order valence-electron chi connectivity index (χ2n) is 5.84. The zero-order chi connectivity index (χ0) is 14.6. The Morgan fingerprint density at radius 3 is 2.15 bits per heavy atom. The molecule has 2 N–H and O–H groups in total. The molecule has 20 heavy (non-hydrogen) atoms. The highest BCUT2D eigenvalue weighted by Gasteiger charge is 2.42. The van der Waals surface area contributed by atoms with Crippen molar-refractivity contribution in [3.8, 4) is 0 Å². The molecule has 0 saturated carbocycles. The Balaban J connectivity index is 1.92. The molecule has 0 bridgehead atoms. The minimum atomic E-state index is -0.700. The van der Waals surface area contributed by atoms with Crippen molar-refractivity contribution in [1.29, 1.82) is 0 Å². The van der Waals surface area contributed by atoms with Crippen LogP contribution in [0.25, 0.3) is 0 Å². The van der Waals surface area contributed by atoms with Crippen LogP contribution in [-0.2, 0) is 4.79 Å². The molecule has 2 saturated heterocycles. The minimum absolute atomic E-state index is 0.0713. The largest absolute Gasteiger partial charge is 0.481 e. The van der Waals surface area contributed by atoms with E-state index >= 15 is 0 Å². The van der Waals surface area contributed by atoms with Crippen LogP contribution < -0.4 is 5.32 Å². The molecule has 2 fully saturated rings. The van der Waals surface area contributed by atoms with Crippen molar-refractivity contribution in [2.75, 3.05) is 39.3 Å². The van der Waals surface area contributed by atoms with Crippen molar-refractivity contribution in [3.63, 3.8) is 0 Å². The van der Waals surface area contributed by atoms with Crippen LogP contribution in [-0.4, -0.2) is 66.2 Å². The van der Waals surface area contributed by atoms with Gasteiger partial charge in [0.25, 0.3) is 0 Å². The normalized spacial score (nSPS) is 22.6. The summed E-state index contributed by atoms with van der Waals surface area (Å²) < 4.78 is 0. The summed E-state index contributed by atoms with van der Waals surface area (Å²) in [6.45, 7) is 6.32. The van der Waals surface area contributed by atoms with Crippen LogP contribution in [0.4, 0.5) is 4.79 Å². The Labute approximate surface area is 120 Å². The molecule has 0 radical (unpaired) electrons. The van der Waals surface area contributed by atoms with Crippen molar-refractivity contribution in [2.45, 2.75) is 32.6 Å². The van der Waals surface area contributed by atoms with Crippen LogP contribution >= 0.6 is 0 Å². The summed E-state index contributed by atoms with van der Waals surface area (Å²) in [5, 5.41) is 12.7. The van der Waals surface area contributed by atoms with Crippen LogP contribution in [0.1, 0.15) is 32.6 Å². The predicted octanol–water partition coefficient (Wildman–Crippen LogP) is 0.979. The number of hydrogen-bond acceptors (Lipinski definition) is 3. The highest BCUT2D eigenvalue weighted by atomic mass is 16.4. The number of amides is 2. The van der Waals surface area contributed by atoms with E-state index in [0.717, 1.165) is 32.6 Å². The number of carboxylic acid groups (broad SMARTS) is 1. The lowest BCUT2D eigenvalue weighted by molar-refractivity contribution is -0.152. The van der Waals surface area contributed by atoms with Crippen LogP contribution in [0.5, 0.6) is 0 Å². The quantitative estimate of drug-likeness (QED) is 0.810. The van der Waals surface area contributed by atoms with E-state index < -0.39 is 11.4 Å². The van der Waals surface area contributed by atoms with Crippen LogP contribution in [0, 0.1) is 5.41 Å². The van der Waals surface area contributed by atoms with E-state index in [0.29, 0.717) is 32.4 Å². The number of hydrogen-bond donors (Lipinski definition) is 2. The van der Waals surface area contributed by atoms with E-state index in [2.05, 4.69) is 5.32 Å². The molecule has 0 spiro atoms. The van der Waals surface area contributed by atoms with Gasteiger partial charge in [-0.25, -0.2) is 4.79 Å². The molecule has 114 valence electrons. The van der Waals surface area contributed by atoms with Gasteiger partial charge in [-0.1, -0.05) is 13.3 Å². The summed E-state index contributed by atoms with van der Waals surface area (Å²) in [6.07, 6.45) is 2.73. The smallest absolute Gasteiger partial charge is 0.320 e. The lowest BCUT2D eigenvalue weighted by Gasteiger charge is -2.41. The van der Waals surface area contributed by atoms with Crippen molar-refractivity contribution < 1.29 is 14.7 Å². The van der Waals surface area contributed by atoms with Gasteiger partial charge in [0, 0.05) is 39.3 Å². The third-order valence-electron chi connectivity index (χ3n) is 4.56. The van der Waals surface area contributed by atoms with Crippen LogP contribution in [0.2, 0.25) is 0 Å². The van der Waals surface area contributed by atoms with Crippen molar-refractivity contribution in [1.82, 2.24) is 15.1 Å². The number of carbonyl (C=O) groups excluding carboxylic acids is 1. The van der Waals surface area contributed by atoms with E-state index in [4.69, 9.17) is 0 Å². The number of piperidine rings is 1. The van der Waals surface area contributed by atoms with Crippen molar-refractivity contribution >= 4 is 12.0 Å². The summed E-state index contributed by atoms with van der Waals surface area (Å²) >= 11 is 0. The van der Waals surface area contributed by atoms with Gasteiger partial charge >= 0.3 is 12.0 Å². The Bertz CT molecular complexity index is 359. The third-order valence-corrected chi connectivity index (χ3v) is 4.56. The first-order chi connectivity index (χ1) is 9.59. The number of carboxylic acids is 1. The van der Waals surface area contributed by atoms with Crippen LogP contribution in [0.15, 0.2) is 0 Å². The van der Waals surface area contributed by atoms with Gasteiger partial charge < -0.3 is 20.2 Å². The molecular weight excluding hydrogens is 258 g/mol. The topological polar surface area (TPSA) is 72.9 Å². The first kappa shape index (κ1) is 15.1. The summed E-state index contributed by atoms with van der Waals surface area (Å²) in [6, 6.07) is 0.0713. The monoisotopic (exact) mass is 283 g/mol. The predicted molar refractivity (Wildman–Crippen MR) is 75.6 cm³/mol. The maximum atomic E-state index is 12.4. The Kier molecular flexibility index (Phi) is 4.86. The molecule has 6 heteroatoms. The molecule has 2 heterocycles. The number of carbonyl (C=O) groups is 2. The van der Waals surface area contributed by atoms with Gasteiger partial charge in [-0.2, -0.15) is 0 Å². The molecular formula is C14H25N3O3. The summed E-state index contributed by atoms with van der Waals surface area (Å²) in [5.74, 6) is -0.700. The van der Waals surface area contributed by atoms with Gasteiger partial charge in [-0.15, -0.1) is 0 Å². The zero-order valence-electron chi connectivity index (χ0n) is 12.2. The average Bonchev–Trinajstić information content (AvgIpc) is 2.48. The van der Waals surface area contributed by atoms with Crippen molar-refractivity contribution in [2.24, 2.45) is 5.41 Å². The highest BCUT2D eigenvalue weighted by Crippen LogP contribution is 2.36. The van der Waals surface area contributed by atoms with Gasteiger partial charge in [0.15, 0.2) is 0 Å². The maximum Gasteiger partial charge on any atom is 0.320 e. The SMILES string of the molecule is CCCC1(C(=O)O)CCN(C(=O)N2CCNCC2)CC1. The fourth-order valence-electron chi connectivity index (χ4n) is 3.23. The number of rotatable bonds is 3. The Morgan fingerprint density at radius 2 is 1.65 bits per heavy atom. The first-order valence-corrected chi connectivity index (χ1v) is 7.57. The maximum absolute atomic E-state index is 12.4. The minimum Gasteiger partial charge on any atom is -0.481 e. The number of piperazine rings is 1. The van der Waals surface area contributed by atoms with Gasteiger partial charge in [0.05, 0.1) is 5.41 Å². The molecule has 0 aromatic heterocycles. The fraction of sp³-hybridized carbons (Fsp3) is 0.857. The van der Waals surface area contributed by atoms with Gasteiger partial charge in [0.1, 0.15) is 0 Å². The van der Waals surface area contributed by atoms with E-state index in [-0.39, 0.29) is 6.03 Å². The van der Waals surface area contributed by atoms with E-state index in [1.807, 2.05) is 16.7 Å². The lowest BCUT2D eigenvalue weighted by Crippen LogP contribution is -2.54. The van der Waals surface area contributed by atoms with Gasteiger partial charge in [-0.3, -0.25) is 4.79 Å². The molecule has 0 unspecified atom stereocenters. The summed E-state index contributed by atoms with van der Waals surface area (Å²) in [5.41, 5.74) is -0.616. The molecule has 0 atom stereocenters. The molecule has 0 aromatic rings. The number of likely N-dealkylation sites (tertiary alicyclic amines) is 1. The van der Waals surface area contributed by atoms with Crippen LogP contribution in [0.3, 0.4) is 0 Å². The highest BCUT2D eigenvalue weighted by molar-refractivity contribution is 5.77. The molecule has 2 aliphatic rings. The summed E-state index contributed by atoms with van der Waals surface area (Å²) in [4.78, 5) is 27.6. The standard InChI is InChI=1S/C14H25N3O3/c1-2-3-14(12(18)19)4-8-16(9-5-14)13(20)17-10-6-15-7-11-17/h15H,2-11H2,1H3,(H,18,19). The Morgan fingerprint density at radius 1 is 1.10 bits per heavy atom. The molecule has 0 aliphatic carbocycles. The third kappa shape index (κ3) is 3.06. The number of nitrogens with zero attached hydrogens (tertiary/aromatic N) is 2. The molecule has 2 rings (SSSR count). The summed E-state index contributed by atoms with van der Waals surface area (Å²) in [7, 11) is 0. The lowest BCUT2D eigenvalue weighted by atomic mass is 9.75. The number of aliphatic carboxylic acids is 1. The fourth-order valence-corrected chi connectivity index (χ4v) is 3.23. The van der Waals surface area contributed by atoms with Gasteiger partial charge in [0.2, 0.25) is 0 Å².